The van der Waals surface area contributed by atoms with E-state index in [2.05, 4.69) is 23.4 Å². The third kappa shape index (κ3) is 2.23. The molecular weight excluding hydrogens is 172 g/mol. The first-order chi connectivity index (χ1) is 4.36. The van der Waals surface area contributed by atoms with E-state index in [-0.39, 0.29) is 0 Å². The van der Waals surface area contributed by atoms with Crippen LogP contribution in [0, 0.1) is 0 Å². The van der Waals surface area contributed by atoms with Crippen LogP contribution in [0.4, 0.5) is 0 Å². The molecule has 54 valence electrons. The van der Waals surface area contributed by atoms with E-state index in [1.54, 1.807) is 0 Å². The van der Waals surface area contributed by atoms with Gasteiger partial charge < -0.3 is 0 Å². The first-order valence-electron chi connectivity index (χ1n) is 2.59. The monoisotopic (exact) mass is 182 g/mol. The minimum atomic E-state index is 0.530. The van der Waals surface area contributed by atoms with E-state index in [9.17, 15) is 0 Å². The number of hydrazine groups is 1. The molecule has 0 radical (unpaired) electrons. The molecule has 2 unspecified atom stereocenters. The third-order valence-electron chi connectivity index (χ3n) is 0.994. The van der Waals surface area contributed by atoms with E-state index in [1.807, 2.05) is 35.3 Å². The van der Waals surface area contributed by atoms with E-state index in [1.165, 1.54) is 0 Å². The lowest BCUT2D eigenvalue weighted by molar-refractivity contribution is 0.654. The maximum absolute atomic E-state index is 3.16. The maximum Gasteiger partial charge on any atom is 0.115 e. The molecule has 1 fully saturated rings. The Labute approximate surface area is 68.3 Å². The van der Waals surface area contributed by atoms with Crippen molar-refractivity contribution in [3.8, 4) is 0 Å². The number of hydrogen-bond donors (Lipinski definition) is 2. The molecule has 2 nitrogen and oxygen atoms in total. The Hall–Kier alpha value is 0.970. The lowest BCUT2D eigenvalue weighted by Crippen LogP contribution is -2.30. The molecule has 0 aromatic carbocycles. The van der Waals surface area contributed by atoms with Gasteiger partial charge in [0.05, 0.1) is 0 Å². The van der Waals surface area contributed by atoms with Crippen molar-refractivity contribution in [3.63, 3.8) is 0 Å². The molecule has 0 aromatic heterocycles. The molecule has 0 bridgehead atoms. The predicted molar refractivity (Wildman–Crippen MR) is 48.5 cm³/mol. The molecule has 0 aromatic rings. The van der Waals surface area contributed by atoms with Crippen molar-refractivity contribution in [1.82, 2.24) is 10.9 Å². The van der Waals surface area contributed by atoms with Crippen LogP contribution < -0.4 is 10.9 Å². The van der Waals surface area contributed by atoms with Crippen LogP contribution in [0.25, 0.3) is 0 Å². The summed E-state index contributed by atoms with van der Waals surface area (Å²) in [5.41, 5.74) is 6.32. The van der Waals surface area contributed by atoms with Crippen LogP contribution in [0.1, 0.15) is 0 Å². The van der Waals surface area contributed by atoms with E-state index in [4.69, 9.17) is 0 Å². The van der Waals surface area contributed by atoms with Gasteiger partial charge >= 0.3 is 0 Å². The van der Waals surface area contributed by atoms with Crippen molar-refractivity contribution in [2.24, 2.45) is 0 Å². The molecule has 5 heteroatoms. The lowest BCUT2D eigenvalue weighted by Gasteiger charge is -2.01. The Morgan fingerprint density at radius 1 is 1.11 bits per heavy atom. The quantitative estimate of drug-likeness (QED) is 0.666. The van der Waals surface area contributed by atoms with Crippen LogP contribution in [0.5, 0.6) is 0 Å². The maximum atomic E-state index is 3.16. The Bertz CT molecular complexity index is 79.9. The van der Waals surface area contributed by atoms with Crippen LogP contribution >= 0.6 is 35.3 Å². The smallest absolute Gasteiger partial charge is 0.115 e. The van der Waals surface area contributed by atoms with Crippen LogP contribution in [0.2, 0.25) is 0 Å². The van der Waals surface area contributed by atoms with Gasteiger partial charge in [-0.15, -0.1) is 23.5 Å². The number of nitrogens with one attached hydrogen (secondary N) is 2. The molecule has 0 spiro atoms. The molecule has 1 aliphatic rings. The highest BCUT2D eigenvalue weighted by atomic mass is 32.2. The van der Waals surface area contributed by atoms with Gasteiger partial charge in [-0.2, -0.15) is 0 Å². The van der Waals surface area contributed by atoms with E-state index < -0.39 is 0 Å². The normalized spacial score (nSPS) is 35.3. The van der Waals surface area contributed by atoms with Gasteiger partial charge in [0.25, 0.3) is 0 Å². The fourth-order valence-electron chi connectivity index (χ4n) is 0.545. The molecule has 1 rings (SSSR count). The highest BCUT2D eigenvalue weighted by Crippen LogP contribution is 2.31. The molecule has 0 aliphatic carbocycles. The molecule has 2 atom stereocenters. The fourth-order valence-corrected chi connectivity index (χ4v) is 3.18. The minimum absolute atomic E-state index is 0.530. The largest absolute Gasteiger partial charge is 0.233 e. The SMILES string of the molecule is CSC1NNC(SC)S1. The topological polar surface area (TPSA) is 24.1 Å². The molecule has 0 saturated carbocycles. The first-order valence-corrected chi connectivity index (χ1v) is 6.11. The molecule has 1 saturated heterocycles. The number of thioether (sulfide) groups is 3. The van der Waals surface area contributed by atoms with Crippen molar-refractivity contribution >= 4 is 35.3 Å². The van der Waals surface area contributed by atoms with Crippen LogP contribution in [-0.2, 0) is 0 Å². The van der Waals surface area contributed by atoms with Crippen LogP contribution in [-0.4, -0.2) is 21.9 Å². The van der Waals surface area contributed by atoms with Crippen molar-refractivity contribution < 1.29 is 0 Å². The highest BCUT2D eigenvalue weighted by molar-refractivity contribution is 8.23. The average molecular weight is 182 g/mol. The van der Waals surface area contributed by atoms with Crippen molar-refractivity contribution in [3.05, 3.63) is 0 Å². The van der Waals surface area contributed by atoms with Crippen molar-refractivity contribution in [2.45, 2.75) is 9.41 Å². The first kappa shape index (κ1) is 8.07. The van der Waals surface area contributed by atoms with E-state index in [0.717, 1.165) is 0 Å². The second-order valence-corrected chi connectivity index (χ2v) is 5.26. The zero-order chi connectivity index (χ0) is 6.69. The second-order valence-electron chi connectivity index (χ2n) is 1.56. The van der Waals surface area contributed by atoms with E-state index in [0.29, 0.717) is 9.41 Å². The highest BCUT2D eigenvalue weighted by Gasteiger charge is 2.21. The number of hydrogen-bond acceptors (Lipinski definition) is 5. The lowest BCUT2D eigenvalue weighted by atomic mass is 11.4. The zero-order valence-electron chi connectivity index (χ0n) is 5.38. The van der Waals surface area contributed by atoms with Gasteiger partial charge in [-0.25, -0.2) is 10.9 Å². The standard InChI is InChI=1S/C4H10N2S3/c1-7-3-5-6-4(8-2)9-3/h3-6H,1-2H3. The fraction of sp³-hybridized carbons (Fsp3) is 1.00. The molecular formula is C4H10N2S3. The summed E-state index contributed by atoms with van der Waals surface area (Å²) in [6.45, 7) is 0. The Kier molecular flexibility index (Phi) is 3.57. The summed E-state index contributed by atoms with van der Waals surface area (Å²) in [4.78, 5) is 0. The summed E-state index contributed by atoms with van der Waals surface area (Å²) in [5.74, 6) is 0. The van der Waals surface area contributed by atoms with E-state index >= 15 is 0 Å². The van der Waals surface area contributed by atoms with Gasteiger partial charge in [-0.05, 0) is 12.5 Å². The minimum Gasteiger partial charge on any atom is -0.233 e. The molecule has 2 N–H and O–H groups in total. The van der Waals surface area contributed by atoms with Gasteiger partial charge in [-0.1, -0.05) is 11.8 Å². The summed E-state index contributed by atoms with van der Waals surface area (Å²) in [5, 5.41) is 0. The summed E-state index contributed by atoms with van der Waals surface area (Å²) in [6.07, 6.45) is 4.21. The average Bonchev–Trinajstić information content (AvgIpc) is 2.34. The molecule has 0 amide bonds. The molecule has 1 heterocycles. The van der Waals surface area contributed by atoms with Crippen molar-refractivity contribution in [2.75, 3.05) is 12.5 Å². The summed E-state index contributed by atoms with van der Waals surface area (Å²) in [6, 6.07) is 0. The van der Waals surface area contributed by atoms with Crippen molar-refractivity contribution in [1.29, 1.82) is 0 Å². The van der Waals surface area contributed by atoms with Gasteiger partial charge in [0.15, 0.2) is 0 Å². The van der Waals surface area contributed by atoms with Crippen LogP contribution in [0.3, 0.4) is 0 Å². The molecule has 1 aliphatic heterocycles. The number of rotatable bonds is 2. The summed E-state index contributed by atoms with van der Waals surface area (Å²) < 4.78 is 1.06. The molecule has 9 heavy (non-hydrogen) atoms. The Morgan fingerprint density at radius 3 is 1.78 bits per heavy atom. The predicted octanol–water partition coefficient (Wildman–Crippen LogP) is 1.12. The second kappa shape index (κ2) is 3.98. The van der Waals surface area contributed by atoms with Gasteiger partial charge in [0, 0.05) is 0 Å². The Morgan fingerprint density at radius 2 is 1.56 bits per heavy atom. The van der Waals surface area contributed by atoms with Gasteiger partial charge in [-0.3, -0.25) is 0 Å². The van der Waals surface area contributed by atoms with Gasteiger partial charge in [0.1, 0.15) is 9.41 Å². The summed E-state index contributed by atoms with van der Waals surface area (Å²) in [7, 11) is 0. The Balaban J connectivity index is 2.20. The zero-order valence-corrected chi connectivity index (χ0v) is 7.83. The van der Waals surface area contributed by atoms with Gasteiger partial charge in [0.2, 0.25) is 0 Å². The third-order valence-corrected chi connectivity index (χ3v) is 4.64. The summed E-state index contributed by atoms with van der Waals surface area (Å²) >= 11 is 5.57. The van der Waals surface area contributed by atoms with Crippen LogP contribution in [0.15, 0.2) is 0 Å².